The van der Waals surface area contributed by atoms with Crippen LogP contribution in [0, 0.1) is 12.1 Å². The standard InChI is InChI=1S/C15H15NO/c1-12-6-8-15(9-7-12)16(17)10-13-4-2-3-5-14(13)11-16/h2-9H,10-11H2,1H3. The van der Waals surface area contributed by atoms with Crippen molar-refractivity contribution in [3.63, 3.8) is 0 Å². The molecule has 0 radical (unpaired) electrons. The maximum atomic E-state index is 12.8. The first-order valence-corrected chi connectivity index (χ1v) is 5.89. The van der Waals surface area contributed by atoms with E-state index in [2.05, 4.69) is 12.1 Å². The largest absolute Gasteiger partial charge is 0.627 e. The first-order chi connectivity index (χ1) is 8.17. The fourth-order valence-electron chi connectivity index (χ4n) is 2.47. The van der Waals surface area contributed by atoms with E-state index in [-0.39, 0.29) is 4.65 Å². The first kappa shape index (κ1) is 10.5. The summed E-state index contributed by atoms with van der Waals surface area (Å²) in [6.45, 7) is 3.15. The van der Waals surface area contributed by atoms with E-state index in [1.54, 1.807) is 0 Å². The minimum atomic E-state index is -0.250. The SMILES string of the molecule is Cc1ccc([N+]2([O-])Cc3ccccc3C2)cc1. The second-order valence-electron chi connectivity index (χ2n) is 4.81. The van der Waals surface area contributed by atoms with Crippen LogP contribution >= 0.6 is 0 Å². The monoisotopic (exact) mass is 225 g/mol. The lowest BCUT2D eigenvalue weighted by Gasteiger charge is -2.37. The predicted octanol–water partition coefficient (Wildman–Crippen LogP) is 3.51. The molecule has 0 bridgehead atoms. The predicted molar refractivity (Wildman–Crippen MR) is 70.2 cm³/mol. The number of quaternary nitrogens is 1. The van der Waals surface area contributed by atoms with Gasteiger partial charge in [0, 0.05) is 11.1 Å². The highest BCUT2D eigenvalue weighted by Gasteiger charge is 2.29. The van der Waals surface area contributed by atoms with Gasteiger partial charge in [-0.25, -0.2) is 0 Å². The van der Waals surface area contributed by atoms with Crippen LogP contribution in [0.2, 0.25) is 0 Å². The van der Waals surface area contributed by atoms with Crippen molar-refractivity contribution in [2.45, 2.75) is 20.0 Å². The molecule has 1 aliphatic rings. The van der Waals surface area contributed by atoms with E-state index >= 15 is 0 Å². The Balaban J connectivity index is 1.98. The molecule has 0 atom stereocenters. The molecule has 1 heterocycles. The Morgan fingerprint density at radius 3 is 1.94 bits per heavy atom. The van der Waals surface area contributed by atoms with Gasteiger partial charge in [0.1, 0.15) is 18.8 Å². The van der Waals surface area contributed by atoms with Crippen LogP contribution in [0.5, 0.6) is 0 Å². The van der Waals surface area contributed by atoms with E-state index in [4.69, 9.17) is 0 Å². The maximum absolute atomic E-state index is 12.8. The van der Waals surface area contributed by atoms with Gasteiger partial charge in [0.25, 0.3) is 0 Å². The van der Waals surface area contributed by atoms with Gasteiger partial charge in [-0.05, 0) is 19.1 Å². The van der Waals surface area contributed by atoms with Crippen molar-refractivity contribution in [3.8, 4) is 0 Å². The number of benzene rings is 2. The molecule has 0 saturated carbocycles. The second-order valence-corrected chi connectivity index (χ2v) is 4.81. The number of aryl methyl sites for hydroxylation is 1. The highest BCUT2D eigenvalue weighted by molar-refractivity contribution is 5.49. The maximum Gasteiger partial charge on any atom is 0.133 e. The van der Waals surface area contributed by atoms with E-state index in [0.29, 0.717) is 13.1 Å². The zero-order valence-corrected chi connectivity index (χ0v) is 9.89. The Kier molecular flexibility index (Phi) is 2.28. The minimum absolute atomic E-state index is 0.250. The second kappa shape index (κ2) is 3.69. The summed E-state index contributed by atoms with van der Waals surface area (Å²) >= 11 is 0. The molecule has 3 rings (SSSR count). The number of fused-ring (bicyclic) bond motifs is 1. The molecule has 0 aliphatic carbocycles. The Labute approximate surface area is 101 Å². The Bertz CT molecular complexity index is 520. The third kappa shape index (κ3) is 1.75. The van der Waals surface area contributed by atoms with E-state index < -0.39 is 0 Å². The molecule has 0 spiro atoms. The third-order valence-corrected chi connectivity index (χ3v) is 3.47. The van der Waals surface area contributed by atoms with Crippen molar-refractivity contribution >= 4 is 5.69 Å². The highest BCUT2D eigenvalue weighted by Crippen LogP contribution is 2.34. The summed E-state index contributed by atoms with van der Waals surface area (Å²) in [5, 5.41) is 12.8. The van der Waals surface area contributed by atoms with Gasteiger partial charge in [0.15, 0.2) is 0 Å². The lowest BCUT2D eigenvalue weighted by atomic mass is 10.1. The van der Waals surface area contributed by atoms with Gasteiger partial charge < -0.3 is 9.85 Å². The normalized spacial score (nSPS) is 16.8. The van der Waals surface area contributed by atoms with Crippen LogP contribution in [0.3, 0.4) is 0 Å². The molecule has 0 fully saturated rings. The van der Waals surface area contributed by atoms with Crippen LogP contribution in [-0.4, -0.2) is 0 Å². The van der Waals surface area contributed by atoms with Crippen molar-refractivity contribution in [2.75, 3.05) is 0 Å². The van der Waals surface area contributed by atoms with Crippen LogP contribution in [0.1, 0.15) is 16.7 Å². The van der Waals surface area contributed by atoms with E-state index in [1.807, 2.05) is 43.3 Å². The molecule has 0 aromatic heterocycles. The summed E-state index contributed by atoms with van der Waals surface area (Å²) in [6.07, 6.45) is 0. The number of rotatable bonds is 1. The Morgan fingerprint density at radius 1 is 0.882 bits per heavy atom. The van der Waals surface area contributed by atoms with Crippen LogP contribution < -0.4 is 4.65 Å². The van der Waals surface area contributed by atoms with Crippen molar-refractivity contribution in [2.24, 2.45) is 0 Å². The van der Waals surface area contributed by atoms with E-state index in [1.165, 1.54) is 16.7 Å². The third-order valence-electron chi connectivity index (χ3n) is 3.47. The quantitative estimate of drug-likeness (QED) is 0.538. The zero-order chi connectivity index (χ0) is 11.9. The van der Waals surface area contributed by atoms with Gasteiger partial charge in [-0.1, -0.05) is 42.0 Å². The van der Waals surface area contributed by atoms with E-state index in [0.717, 1.165) is 5.69 Å². The summed E-state index contributed by atoms with van der Waals surface area (Å²) in [5.74, 6) is 0. The van der Waals surface area contributed by atoms with Gasteiger partial charge in [0.2, 0.25) is 0 Å². The number of hydrogen-bond acceptors (Lipinski definition) is 1. The molecule has 0 saturated heterocycles. The van der Waals surface area contributed by atoms with Gasteiger partial charge in [0.05, 0.1) is 0 Å². The van der Waals surface area contributed by atoms with Crippen LogP contribution in [0.15, 0.2) is 48.5 Å². The van der Waals surface area contributed by atoms with Gasteiger partial charge in [-0.3, -0.25) is 0 Å². The number of nitrogens with zero attached hydrogens (tertiary/aromatic N) is 1. The zero-order valence-electron chi connectivity index (χ0n) is 9.89. The van der Waals surface area contributed by atoms with Crippen molar-refractivity contribution in [3.05, 3.63) is 70.4 Å². The molecule has 2 aromatic rings. The average molecular weight is 225 g/mol. The summed E-state index contributed by atoms with van der Waals surface area (Å²) in [5.41, 5.74) is 4.41. The smallest absolute Gasteiger partial charge is 0.133 e. The van der Waals surface area contributed by atoms with Crippen molar-refractivity contribution in [1.29, 1.82) is 0 Å². The summed E-state index contributed by atoms with van der Waals surface area (Å²) in [7, 11) is 0. The van der Waals surface area contributed by atoms with Crippen molar-refractivity contribution in [1.82, 2.24) is 4.65 Å². The fraction of sp³-hybridized carbons (Fsp3) is 0.200. The fourth-order valence-corrected chi connectivity index (χ4v) is 2.47. The molecule has 2 nitrogen and oxygen atoms in total. The average Bonchev–Trinajstić information content (AvgIpc) is 2.67. The molecular formula is C15H15NO. The van der Waals surface area contributed by atoms with E-state index in [9.17, 15) is 5.21 Å². The van der Waals surface area contributed by atoms with Crippen LogP contribution in [0.25, 0.3) is 0 Å². The molecule has 17 heavy (non-hydrogen) atoms. The molecule has 2 aromatic carbocycles. The summed E-state index contributed by atoms with van der Waals surface area (Å²) in [6, 6.07) is 16.0. The van der Waals surface area contributed by atoms with Crippen molar-refractivity contribution < 1.29 is 0 Å². The first-order valence-electron chi connectivity index (χ1n) is 5.89. The Hall–Kier alpha value is -1.64. The van der Waals surface area contributed by atoms with Crippen LogP contribution in [-0.2, 0) is 13.1 Å². The lowest BCUT2D eigenvalue weighted by Crippen LogP contribution is -2.36. The topological polar surface area (TPSA) is 23.1 Å². The minimum Gasteiger partial charge on any atom is -0.627 e. The number of hydroxylamine groups is 2. The molecule has 1 aliphatic heterocycles. The molecular weight excluding hydrogens is 210 g/mol. The summed E-state index contributed by atoms with van der Waals surface area (Å²) < 4.78 is -0.250. The summed E-state index contributed by atoms with van der Waals surface area (Å²) in [4.78, 5) is 0. The molecule has 2 heteroatoms. The van der Waals surface area contributed by atoms with Gasteiger partial charge in [-0.2, -0.15) is 0 Å². The Morgan fingerprint density at radius 2 is 1.41 bits per heavy atom. The molecule has 86 valence electrons. The van der Waals surface area contributed by atoms with Gasteiger partial charge in [-0.15, -0.1) is 0 Å². The van der Waals surface area contributed by atoms with Gasteiger partial charge >= 0.3 is 0 Å². The van der Waals surface area contributed by atoms with Crippen LogP contribution in [0.4, 0.5) is 5.69 Å². The molecule has 0 unspecified atom stereocenters. The highest BCUT2D eigenvalue weighted by atomic mass is 16.5. The lowest BCUT2D eigenvalue weighted by molar-refractivity contribution is 0.391. The molecule has 0 amide bonds. The molecule has 0 N–H and O–H groups in total. The number of hydrogen-bond donors (Lipinski definition) is 0.